The van der Waals surface area contributed by atoms with E-state index in [1.54, 1.807) is 0 Å². The van der Waals surface area contributed by atoms with Crippen LogP contribution in [-0.4, -0.2) is 66.5 Å². The molecule has 2 saturated heterocycles. The molecule has 2 aromatic rings. The highest BCUT2D eigenvalue weighted by Gasteiger charge is 2.42. The van der Waals surface area contributed by atoms with Gasteiger partial charge in [-0.2, -0.15) is 0 Å². The van der Waals surface area contributed by atoms with Gasteiger partial charge in [0.1, 0.15) is 0 Å². The predicted octanol–water partition coefficient (Wildman–Crippen LogP) is 3.18. The fourth-order valence-electron chi connectivity index (χ4n) is 4.16. The van der Waals surface area contributed by atoms with Gasteiger partial charge in [-0.05, 0) is 66.8 Å². The minimum atomic E-state index is -2.91. The summed E-state index contributed by atoms with van der Waals surface area (Å²) < 4.78 is 33.6. The molecular weight excluding hydrogens is 488 g/mol. The molecule has 152 valence electrons. The summed E-state index contributed by atoms with van der Waals surface area (Å²) in [5.74, 6) is 0. The lowest BCUT2D eigenvalue weighted by atomic mass is 10.3. The van der Waals surface area contributed by atoms with E-state index in [-0.39, 0.29) is 0 Å². The Morgan fingerprint density at radius 1 is 0.893 bits per heavy atom. The number of nitrogens with zero attached hydrogens (tertiary/aromatic N) is 3. The second-order valence-corrected chi connectivity index (χ2v) is 11.2. The first-order valence-electron chi connectivity index (χ1n) is 9.73. The number of ether oxygens (including phenoxy) is 2. The number of hydrogen-bond donors (Lipinski definition) is 0. The summed E-state index contributed by atoms with van der Waals surface area (Å²) in [6, 6.07) is 10.6. The fourth-order valence-corrected chi connectivity index (χ4v) is 7.78. The van der Waals surface area contributed by atoms with E-state index in [4.69, 9.17) is 9.47 Å². The molecule has 2 fully saturated rings. The first kappa shape index (κ1) is 20.6. The SMILES string of the molecule is Cc1cc(P(=O)(N2CCOCC2)N2CCOCC2)c(C)n1-c1ccc(I)cc1. The lowest BCUT2D eigenvalue weighted by molar-refractivity contribution is 0.0538. The Kier molecular flexibility index (Phi) is 6.30. The van der Waals surface area contributed by atoms with Crippen LogP contribution in [0.25, 0.3) is 5.69 Å². The Labute approximate surface area is 180 Å². The van der Waals surface area contributed by atoms with Gasteiger partial charge in [0.15, 0.2) is 0 Å². The molecule has 0 saturated carbocycles. The van der Waals surface area contributed by atoms with Crippen molar-refractivity contribution in [3.8, 4) is 5.69 Å². The largest absolute Gasteiger partial charge is 0.379 e. The summed E-state index contributed by atoms with van der Waals surface area (Å²) in [7, 11) is -2.91. The van der Waals surface area contributed by atoms with Crippen molar-refractivity contribution in [2.75, 3.05) is 52.6 Å². The van der Waals surface area contributed by atoms with Gasteiger partial charge in [-0.15, -0.1) is 0 Å². The second kappa shape index (κ2) is 8.58. The Morgan fingerprint density at radius 3 is 1.89 bits per heavy atom. The third-order valence-electron chi connectivity index (χ3n) is 5.54. The molecule has 2 aliphatic rings. The molecule has 0 N–H and O–H groups in total. The normalized spacial score (nSPS) is 19.8. The number of hydrogen-bond acceptors (Lipinski definition) is 3. The first-order chi connectivity index (χ1) is 13.5. The zero-order chi connectivity index (χ0) is 19.7. The van der Waals surface area contributed by atoms with Gasteiger partial charge in [0, 0.05) is 46.8 Å². The summed E-state index contributed by atoms with van der Waals surface area (Å²) >= 11 is 2.32. The van der Waals surface area contributed by atoms with Gasteiger partial charge in [0.05, 0.1) is 31.7 Å². The summed E-state index contributed by atoms with van der Waals surface area (Å²) in [5, 5.41) is 0.951. The molecule has 0 atom stereocenters. The molecule has 28 heavy (non-hydrogen) atoms. The molecule has 0 spiro atoms. The molecule has 8 heteroatoms. The minimum Gasteiger partial charge on any atom is -0.379 e. The molecule has 6 nitrogen and oxygen atoms in total. The topological polar surface area (TPSA) is 46.9 Å². The van der Waals surface area contributed by atoms with Gasteiger partial charge < -0.3 is 14.0 Å². The minimum absolute atomic E-state index is 0.629. The molecule has 1 aromatic heterocycles. The van der Waals surface area contributed by atoms with Crippen molar-refractivity contribution in [2.45, 2.75) is 13.8 Å². The Morgan fingerprint density at radius 2 is 1.39 bits per heavy atom. The quantitative estimate of drug-likeness (QED) is 0.463. The average Bonchev–Trinajstić information content (AvgIpc) is 3.04. The molecule has 1 aromatic carbocycles. The van der Waals surface area contributed by atoms with Crippen LogP contribution in [0.1, 0.15) is 11.4 Å². The highest BCUT2D eigenvalue weighted by atomic mass is 127. The van der Waals surface area contributed by atoms with E-state index in [0.29, 0.717) is 52.6 Å². The van der Waals surface area contributed by atoms with Crippen molar-refractivity contribution < 1.29 is 14.0 Å². The van der Waals surface area contributed by atoms with Crippen molar-refractivity contribution in [2.24, 2.45) is 0 Å². The van der Waals surface area contributed by atoms with Crippen LogP contribution in [0, 0.1) is 17.4 Å². The molecular formula is C20H27IN3O3P. The summed E-state index contributed by atoms with van der Waals surface area (Å²) in [5.41, 5.74) is 3.27. The average molecular weight is 515 g/mol. The third-order valence-corrected chi connectivity index (χ3v) is 9.68. The van der Waals surface area contributed by atoms with Crippen molar-refractivity contribution >= 4 is 35.3 Å². The number of aryl methyl sites for hydroxylation is 1. The second-order valence-electron chi connectivity index (χ2n) is 7.24. The summed E-state index contributed by atoms with van der Waals surface area (Å²) in [4.78, 5) is 0. The van der Waals surface area contributed by atoms with Gasteiger partial charge >= 0.3 is 0 Å². The van der Waals surface area contributed by atoms with E-state index >= 15 is 0 Å². The molecule has 4 rings (SSSR count). The van der Waals surface area contributed by atoms with E-state index < -0.39 is 7.44 Å². The van der Waals surface area contributed by atoms with Crippen LogP contribution < -0.4 is 5.30 Å². The van der Waals surface area contributed by atoms with E-state index in [1.807, 2.05) is 0 Å². The zero-order valence-corrected chi connectivity index (χ0v) is 19.5. The molecule has 3 heterocycles. The molecule has 0 aliphatic carbocycles. The van der Waals surface area contributed by atoms with E-state index in [9.17, 15) is 4.57 Å². The van der Waals surface area contributed by atoms with Crippen molar-refractivity contribution in [3.63, 3.8) is 0 Å². The number of benzene rings is 1. The highest BCUT2D eigenvalue weighted by Crippen LogP contribution is 2.53. The lowest BCUT2D eigenvalue weighted by Crippen LogP contribution is -2.46. The maximum atomic E-state index is 14.7. The number of aromatic nitrogens is 1. The van der Waals surface area contributed by atoms with Crippen molar-refractivity contribution in [1.29, 1.82) is 0 Å². The molecule has 0 amide bonds. The van der Waals surface area contributed by atoms with Crippen LogP contribution in [0.4, 0.5) is 0 Å². The van der Waals surface area contributed by atoms with Crippen LogP contribution in [0.2, 0.25) is 0 Å². The van der Waals surface area contributed by atoms with Crippen LogP contribution in [0.3, 0.4) is 0 Å². The third kappa shape index (κ3) is 3.73. The maximum absolute atomic E-state index is 14.7. The first-order valence-corrected chi connectivity index (χ1v) is 12.4. The van der Waals surface area contributed by atoms with Crippen molar-refractivity contribution in [3.05, 3.63) is 45.3 Å². The standard InChI is InChI=1S/C20H27IN3O3P/c1-16-15-20(17(2)24(16)19-5-3-18(21)4-6-19)28(25,22-7-11-26-12-8-22)23-9-13-27-14-10-23/h3-6,15H,7-14H2,1-2H3. The number of rotatable bonds is 4. The van der Waals surface area contributed by atoms with Crippen molar-refractivity contribution in [1.82, 2.24) is 13.9 Å². The van der Waals surface area contributed by atoms with Gasteiger partial charge in [-0.1, -0.05) is 0 Å². The fraction of sp³-hybridized carbons (Fsp3) is 0.500. The monoisotopic (exact) mass is 515 g/mol. The molecule has 0 bridgehead atoms. The number of halogens is 1. The van der Waals surface area contributed by atoms with Crippen LogP contribution in [0.5, 0.6) is 0 Å². The Hall–Kier alpha value is -0.700. The zero-order valence-electron chi connectivity index (χ0n) is 16.4. The summed E-state index contributed by atoms with van der Waals surface area (Å²) in [6.45, 7) is 9.49. The van der Waals surface area contributed by atoms with E-state index in [0.717, 1.165) is 22.4 Å². The van der Waals surface area contributed by atoms with Gasteiger partial charge in [0.2, 0.25) is 7.44 Å². The number of morpholine rings is 2. The molecule has 0 radical (unpaired) electrons. The van der Waals surface area contributed by atoms with E-state index in [1.165, 1.54) is 3.57 Å². The predicted molar refractivity (Wildman–Crippen MR) is 120 cm³/mol. The Bertz CT molecular complexity index is 850. The maximum Gasteiger partial charge on any atom is 0.247 e. The van der Waals surface area contributed by atoms with Crippen LogP contribution in [-0.2, 0) is 14.0 Å². The molecule has 2 aliphatic heterocycles. The smallest absolute Gasteiger partial charge is 0.247 e. The van der Waals surface area contributed by atoms with Gasteiger partial charge in [-0.3, -0.25) is 4.57 Å². The summed E-state index contributed by atoms with van der Waals surface area (Å²) in [6.07, 6.45) is 0. The Balaban J connectivity index is 1.81. The van der Waals surface area contributed by atoms with Gasteiger partial charge in [-0.25, -0.2) is 9.34 Å². The van der Waals surface area contributed by atoms with Gasteiger partial charge in [0.25, 0.3) is 0 Å². The van der Waals surface area contributed by atoms with E-state index in [2.05, 4.69) is 80.7 Å². The lowest BCUT2D eigenvalue weighted by Gasteiger charge is -2.42. The van der Waals surface area contributed by atoms with Crippen LogP contribution >= 0.6 is 30.0 Å². The van der Waals surface area contributed by atoms with Crippen LogP contribution in [0.15, 0.2) is 30.3 Å². The highest BCUT2D eigenvalue weighted by molar-refractivity contribution is 14.1. The molecule has 0 unspecified atom stereocenters.